The van der Waals surface area contributed by atoms with E-state index in [2.05, 4.69) is 27.6 Å². The Hall–Kier alpha value is -1.65. The number of aryl methyl sites for hydroxylation is 1. The van der Waals surface area contributed by atoms with Crippen molar-refractivity contribution in [1.29, 1.82) is 0 Å². The molecule has 2 aromatic heterocycles. The summed E-state index contributed by atoms with van der Waals surface area (Å²) >= 11 is 7.54. The average Bonchev–Trinajstić information content (AvgIpc) is 2.81. The molecule has 0 amide bonds. The summed E-state index contributed by atoms with van der Waals surface area (Å²) in [7, 11) is 0. The van der Waals surface area contributed by atoms with Crippen molar-refractivity contribution in [2.45, 2.75) is 13.5 Å². The van der Waals surface area contributed by atoms with Crippen LogP contribution in [0.25, 0.3) is 10.2 Å². The van der Waals surface area contributed by atoms with Gasteiger partial charge < -0.3 is 5.32 Å². The van der Waals surface area contributed by atoms with Gasteiger partial charge in [0.1, 0.15) is 12.1 Å². The molecule has 0 atom stereocenters. The van der Waals surface area contributed by atoms with Gasteiger partial charge in [0, 0.05) is 11.6 Å². The van der Waals surface area contributed by atoms with Gasteiger partial charge in [0.05, 0.1) is 10.2 Å². The molecule has 0 saturated carbocycles. The van der Waals surface area contributed by atoms with E-state index < -0.39 is 0 Å². The van der Waals surface area contributed by atoms with Crippen molar-refractivity contribution >= 4 is 39.0 Å². The van der Waals surface area contributed by atoms with Crippen LogP contribution < -0.4 is 5.32 Å². The summed E-state index contributed by atoms with van der Waals surface area (Å²) in [5.41, 5.74) is 3.39. The number of hydrogen-bond acceptors (Lipinski definition) is 4. The molecule has 3 aromatic rings. The summed E-state index contributed by atoms with van der Waals surface area (Å²) in [4.78, 5) is 8.62. The van der Waals surface area contributed by atoms with Gasteiger partial charge in [-0.25, -0.2) is 9.97 Å². The van der Waals surface area contributed by atoms with E-state index in [1.807, 2.05) is 24.3 Å². The van der Waals surface area contributed by atoms with Gasteiger partial charge in [0.25, 0.3) is 0 Å². The second-order valence-corrected chi connectivity index (χ2v) is 5.61. The molecule has 0 aliphatic rings. The highest BCUT2D eigenvalue weighted by Gasteiger charge is 2.07. The maximum absolute atomic E-state index is 5.87. The predicted octanol–water partition coefficient (Wildman–Crippen LogP) is 4.27. The topological polar surface area (TPSA) is 37.8 Å². The minimum Gasteiger partial charge on any atom is -0.365 e. The third kappa shape index (κ3) is 2.55. The Morgan fingerprint density at radius 1 is 1.21 bits per heavy atom. The third-order valence-electron chi connectivity index (χ3n) is 2.90. The summed E-state index contributed by atoms with van der Waals surface area (Å²) in [5, 5.41) is 6.21. The number of aromatic nitrogens is 2. The molecule has 3 nitrogen and oxygen atoms in total. The van der Waals surface area contributed by atoms with Gasteiger partial charge in [0.2, 0.25) is 0 Å². The predicted molar refractivity (Wildman–Crippen MR) is 80.9 cm³/mol. The Kier molecular flexibility index (Phi) is 3.36. The zero-order valence-corrected chi connectivity index (χ0v) is 11.9. The monoisotopic (exact) mass is 289 g/mol. The van der Waals surface area contributed by atoms with Gasteiger partial charge in [-0.15, -0.1) is 11.3 Å². The standard InChI is InChI=1S/C14H12ClN3S/c1-9-7-19-13-12(9)17-8-18-14(13)16-6-10-2-4-11(15)5-3-10/h2-5,7-8H,6H2,1H3,(H,16,17,18). The minimum absolute atomic E-state index is 0.722. The zero-order valence-electron chi connectivity index (χ0n) is 10.4. The quantitative estimate of drug-likeness (QED) is 0.782. The summed E-state index contributed by atoms with van der Waals surface area (Å²) in [6, 6.07) is 7.80. The van der Waals surface area contributed by atoms with Crippen LogP contribution in [0.4, 0.5) is 5.82 Å². The lowest BCUT2D eigenvalue weighted by molar-refractivity contribution is 1.10. The Morgan fingerprint density at radius 3 is 2.79 bits per heavy atom. The number of anilines is 1. The maximum Gasteiger partial charge on any atom is 0.147 e. The highest BCUT2D eigenvalue weighted by atomic mass is 35.5. The van der Waals surface area contributed by atoms with Crippen molar-refractivity contribution in [1.82, 2.24) is 9.97 Å². The molecule has 96 valence electrons. The molecule has 3 rings (SSSR count). The third-order valence-corrected chi connectivity index (χ3v) is 4.25. The molecule has 0 radical (unpaired) electrons. The maximum atomic E-state index is 5.87. The van der Waals surface area contributed by atoms with E-state index in [1.165, 1.54) is 11.1 Å². The first-order chi connectivity index (χ1) is 9.24. The number of rotatable bonds is 3. The fraction of sp³-hybridized carbons (Fsp3) is 0.143. The fourth-order valence-corrected chi connectivity index (χ4v) is 2.98. The van der Waals surface area contributed by atoms with E-state index in [0.717, 1.165) is 27.6 Å². The molecule has 2 heterocycles. The van der Waals surface area contributed by atoms with Gasteiger partial charge in [0.15, 0.2) is 0 Å². The van der Waals surface area contributed by atoms with E-state index in [1.54, 1.807) is 17.7 Å². The first-order valence-corrected chi connectivity index (χ1v) is 7.17. The Bertz CT molecular complexity index is 706. The van der Waals surface area contributed by atoms with E-state index in [-0.39, 0.29) is 0 Å². The molecule has 0 spiro atoms. The molecule has 5 heteroatoms. The number of nitrogens with zero attached hydrogens (tertiary/aromatic N) is 2. The summed E-state index contributed by atoms with van der Waals surface area (Å²) in [6.45, 7) is 2.79. The van der Waals surface area contributed by atoms with Crippen LogP contribution in [0.1, 0.15) is 11.1 Å². The number of thiophene rings is 1. The van der Waals surface area contributed by atoms with Crippen LogP contribution in [0.2, 0.25) is 5.02 Å². The molecule has 0 aliphatic heterocycles. The molecule has 0 unspecified atom stereocenters. The molecular formula is C14H12ClN3S. The average molecular weight is 290 g/mol. The number of fused-ring (bicyclic) bond motifs is 1. The molecule has 0 fully saturated rings. The first kappa shape index (κ1) is 12.4. The molecule has 0 bridgehead atoms. The van der Waals surface area contributed by atoms with Gasteiger partial charge in [-0.3, -0.25) is 0 Å². The lowest BCUT2D eigenvalue weighted by Gasteiger charge is -2.06. The molecule has 1 aromatic carbocycles. The summed E-state index contributed by atoms with van der Waals surface area (Å²) in [5.74, 6) is 0.887. The molecule has 0 aliphatic carbocycles. The van der Waals surface area contributed by atoms with Gasteiger partial charge in [-0.2, -0.15) is 0 Å². The second kappa shape index (κ2) is 5.15. The minimum atomic E-state index is 0.722. The SMILES string of the molecule is Cc1csc2c(NCc3ccc(Cl)cc3)ncnc12. The van der Waals surface area contributed by atoms with Crippen LogP contribution in [-0.2, 0) is 6.54 Å². The van der Waals surface area contributed by atoms with Crippen molar-refractivity contribution in [3.05, 3.63) is 52.1 Å². The van der Waals surface area contributed by atoms with E-state index >= 15 is 0 Å². The number of benzene rings is 1. The second-order valence-electron chi connectivity index (χ2n) is 4.30. The van der Waals surface area contributed by atoms with E-state index in [9.17, 15) is 0 Å². The fourth-order valence-electron chi connectivity index (χ4n) is 1.88. The Balaban J connectivity index is 1.83. The molecule has 19 heavy (non-hydrogen) atoms. The van der Waals surface area contributed by atoms with Crippen molar-refractivity contribution < 1.29 is 0 Å². The number of hydrogen-bond donors (Lipinski definition) is 1. The summed E-state index contributed by atoms with van der Waals surface area (Å²) < 4.78 is 1.11. The lowest BCUT2D eigenvalue weighted by atomic mass is 10.2. The van der Waals surface area contributed by atoms with Gasteiger partial charge in [-0.1, -0.05) is 23.7 Å². The van der Waals surface area contributed by atoms with Crippen molar-refractivity contribution in [3.63, 3.8) is 0 Å². The van der Waals surface area contributed by atoms with Crippen LogP contribution >= 0.6 is 22.9 Å². The lowest BCUT2D eigenvalue weighted by Crippen LogP contribution is -2.01. The van der Waals surface area contributed by atoms with Crippen LogP contribution in [-0.4, -0.2) is 9.97 Å². The van der Waals surface area contributed by atoms with Crippen LogP contribution in [0.5, 0.6) is 0 Å². The van der Waals surface area contributed by atoms with Crippen LogP contribution in [0.15, 0.2) is 36.0 Å². The zero-order chi connectivity index (χ0) is 13.2. The van der Waals surface area contributed by atoms with Gasteiger partial charge >= 0.3 is 0 Å². The van der Waals surface area contributed by atoms with E-state index in [0.29, 0.717) is 0 Å². The van der Waals surface area contributed by atoms with Crippen LogP contribution in [0, 0.1) is 6.92 Å². The highest BCUT2D eigenvalue weighted by molar-refractivity contribution is 7.18. The summed E-state index contributed by atoms with van der Waals surface area (Å²) in [6.07, 6.45) is 1.60. The molecule has 1 N–H and O–H groups in total. The van der Waals surface area contributed by atoms with Crippen molar-refractivity contribution in [2.24, 2.45) is 0 Å². The Labute approximate surface area is 120 Å². The highest BCUT2D eigenvalue weighted by Crippen LogP contribution is 2.28. The number of halogens is 1. The first-order valence-electron chi connectivity index (χ1n) is 5.91. The molecular weight excluding hydrogens is 278 g/mol. The van der Waals surface area contributed by atoms with Crippen molar-refractivity contribution in [2.75, 3.05) is 5.32 Å². The number of nitrogens with one attached hydrogen (secondary N) is 1. The smallest absolute Gasteiger partial charge is 0.147 e. The normalized spacial score (nSPS) is 10.8. The van der Waals surface area contributed by atoms with E-state index in [4.69, 9.17) is 11.6 Å². The van der Waals surface area contributed by atoms with Crippen LogP contribution in [0.3, 0.4) is 0 Å². The molecule has 0 saturated heterocycles. The van der Waals surface area contributed by atoms with Gasteiger partial charge in [-0.05, 0) is 35.6 Å². The van der Waals surface area contributed by atoms with Crippen molar-refractivity contribution in [3.8, 4) is 0 Å². The Morgan fingerprint density at radius 2 is 2.00 bits per heavy atom. The largest absolute Gasteiger partial charge is 0.365 e.